The Morgan fingerprint density at radius 2 is 1.70 bits per heavy atom. The van der Waals surface area contributed by atoms with Gasteiger partial charge in [0.05, 0.1) is 0 Å². The molecule has 0 amide bonds. The van der Waals surface area contributed by atoms with Crippen molar-refractivity contribution in [3.05, 3.63) is 0 Å². The van der Waals surface area contributed by atoms with E-state index in [2.05, 4.69) is 31.5 Å². The molecule has 1 fully saturated rings. The molecule has 0 aromatic heterocycles. The quantitative estimate of drug-likeness (QED) is 0.555. The van der Waals surface area contributed by atoms with Gasteiger partial charge in [-0.3, -0.25) is 0 Å². The SMILES string of the molecule is CNC1C(C)CNCC1C. The van der Waals surface area contributed by atoms with Crippen molar-refractivity contribution in [3.63, 3.8) is 0 Å². The maximum absolute atomic E-state index is 3.41. The van der Waals surface area contributed by atoms with E-state index in [0.29, 0.717) is 6.04 Å². The zero-order valence-electron chi connectivity index (χ0n) is 7.15. The van der Waals surface area contributed by atoms with Crippen LogP contribution in [-0.2, 0) is 0 Å². The summed E-state index contributed by atoms with van der Waals surface area (Å²) >= 11 is 0. The maximum Gasteiger partial charge on any atom is 0.0139 e. The molecule has 2 nitrogen and oxygen atoms in total. The Morgan fingerprint density at radius 1 is 1.20 bits per heavy atom. The van der Waals surface area contributed by atoms with E-state index < -0.39 is 0 Å². The minimum Gasteiger partial charge on any atom is -0.316 e. The molecule has 0 aliphatic carbocycles. The molecule has 0 saturated carbocycles. The summed E-state index contributed by atoms with van der Waals surface area (Å²) in [7, 11) is 2.06. The van der Waals surface area contributed by atoms with E-state index >= 15 is 0 Å². The Hall–Kier alpha value is -0.0800. The summed E-state index contributed by atoms with van der Waals surface area (Å²) < 4.78 is 0. The van der Waals surface area contributed by atoms with Crippen molar-refractivity contribution >= 4 is 0 Å². The summed E-state index contributed by atoms with van der Waals surface area (Å²) in [4.78, 5) is 0. The molecule has 2 unspecified atom stereocenters. The lowest BCUT2D eigenvalue weighted by molar-refractivity contribution is 0.237. The lowest BCUT2D eigenvalue weighted by Crippen LogP contribution is -2.50. The van der Waals surface area contributed by atoms with Gasteiger partial charge in [-0.1, -0.05) is 13.8 Å². The van der Waals surface area contributed by atoms with Crippen molar-refractivity contribution in [1.29, 1.82) is 0 Å². The molecule has 2 N–H and O–H groups in total. The molecule has 1 saturated heterocycles. The molecule has 1 heterocycles. The van der Waals surface area contributed by atoms with Gasteiger partial charge in [-0.05, 0) is 32.0 Å². The zero-order chi connectivity index (χ0) is 7.56. The molecule has 0 radical (unpaired) electrons. The van der Waals surface area contributed by atoms with Crippen LogP contribution in [0, 0.1) is 11.8 Å². The average Bonchev–Trinajstić information content (AvgIpc) is 1.88. The third kappa shape index (κ3) is 1.50. The topological polar surface area (TPSA) is 24.1 Å². The molecule has 0 bridgehead atoms. The average molecular weight is 142 g/mol. The van der Waals surface area contributed by atoms with Crippen molar-refractivity contribution in [2.45, 2.75) is 19.9 Å². The summed E-state index contributed by atoms with van der Waals surface area (Å²) in [5.41, 5.74) is 0. The number of piperidine rings is 1. The van der Waals surface area contributed by atoms with E-state index in [1.807, 2.05) is 0 Å². The smallest absolute Gasteiger partial charge is 0.0139 e. The fourth-order valence-corrected chi connectivity index (χ4v) is 1.92. The number of rotatable bonds is 1. The van der Waals surface area contributed by atoms with Crippen LogP contribution in [0.5, 0.6) is 0 Å². The van der Waals surface area contributed by atoms with E-state index in [9.17, 15) is 0 Å². The zero-order valence-corrected chi connectivity index (χ0v) is 7.15. The van der Waals surface area contributed by atoms with Gasteiger partial charge < -0.3 is 10.6 Å². The standard InChI is InChI=1S/C8H18N2/c1-6-4-10-5-7(2)8(6)9-3/h6-10H,4-5H2,1-3H3. The van der Waals surface area contributed by atoms with Crippen molar-refractivity contribution in [1.82, 2.24) is 10.6 Å². The molecule has 2 heteroatoms. The van der Waals surface area contributed by atoms with Gasteiger partial charge in [-0.25, -0.2) is 0 Å². The van der Waals surface area contributed by atoms with Gasteiger partial charge in [0.2, 0.25) is 0 Å². The fourth-order valence-electron chi connectivity index (χ4n) is 1.92. The summed E-state index contributed by atoms with van der Waals surface area (Å²) in [6.07, 6.45) is 0. The highest BCUT2D eigenvalue weighted by Gasteiger charge is 2.25. The highest BCUT2D eigenvalue weighted by molar-refractivity contribution is 4.84. The van der Waals surface area contributed by atoms with Gasteiger partial charge in [0.1, 0.15) is 0 Å². The lowest BCUT2D eigenvalue weighted by Gasteiger charge is -2.34. The first kappa shape index (κ1) is 8.02. The van der Waals surface area contributed by atoms with Crippen molar-refractivity contribution in [2.75, 3.05) is 20.1 Å². The van der Waals surface area contributed by atoms with E-state index in [1.54, 1.807) is 0 Å². The minimum atomic E-state index is 0.709. The van der Waals surface area contributed by atoms with Gasteiger partial charge in [0, 0.05) is 6.04 Å². The van der Waals surface area contributed by atoms with E-state index in [-0.39, 0.29) is 0 Å². The van der Waals surface area contributed by atoms with E-state index in [4.69, 9.17) is 0 Å². The summed E-state index contributed by atoms with van der Waals surface area (Å²) in [5, 5.41) is 6.77. The van der Waals surface area contributed by atoms with Crippen molar-refractivity contribution in [2.24, 2.45) is 11.8 Å². The maximum atomic E-state index is 3.41. The summed E-state index contributed by atoms with van der Waals surface area (Å²) in [6, 6.07) is 0.709. The Morgan fingerprint density at radius 3 is 2.00 bits per heavy atom. The van der Waals surface area contributed by atoms with Gasteiger partial charge >= 0.3 is 0 Å². The summed E-state index contributed by atoms with van der Waals surface area (Å²) in [6.45, 7) is 6.92. The fraction of sp³-hybridized carbons (Fsp3) is 1.00. The molecule has 0 aromatic carbocycles. The molecule has 60 valence electrons. The van der Waals surface area contributed by atoms with Crippen LogP contribution < -0.4 is 10.6 Å². The second-order valence-corrected chi connectivity index (χ2v) is 3.43. The Balaban J connectivity index is 2.45. The Kier molecular flexibility index (Phi) is 2.69. The normalized spacial score (nSPS) is 41.7. The molecule has 1 aliphatic rings. The second kappa shape index (κ2) is 3.35. The first-order valence-corrected chi connectivity index (χ1v) is 4.13. The Labute approximate surface area is 63.4 Å². The van der Waals surface area contributed by atoms with Crippen LogP contribution >= 0.6 is 0 Å². The van der Waals surface area contributed by atoms with Crippen LogP contribution in [0.1, 0.15) is 13.8 Å². The summed E-state index contributed by atoms with van der Waals surface area (Å²) in [5.74, 6) is 1.54. The predicted octanol–water partition coefficient (Wildman–Crippen LogP) is 0.450. The van der Waals surface area contributed by atoms with Gasteiger partial charge in [0.15, 0.2) is 0 Å². The van der Waals surface area contributed by atoms with E-state index in [0.717, 1.165) is 24.9 Å². The first-order valence-electron chi connectivity index (χ1n) is 4.13. The first-order chi connectivity index (χ1) is 4.75. The largest absolute Gasteiger partial charge is 0.316 e. The molecule has 0 spiro atoms. The van der Waals surface area contributed by atoms with Gasteiger partial charge in [0.25, 0.3) is 0 Å². The number of nitrogens with one attached hydrogen (secondary N) is 2. The Bertz CT molecular complexity index is 93.4. The van der Waals surface area contributed by atoms with Crippen LogP contribution in [-0.4, -0.2) is 26.2 Å². The van der Waals surface area contributed by atoms with Crippen LogP contribution in [0.4, 0.5) is 0 Å². The molecular formula is C8H18N2. The minimum absolute atomic E-state index is 0.709. The van der Waals surface area contributed by atoms with Crippen LogP contribution in [0.3, 0.4) is 0 Å². The van der Waals surface area contributed by atoms with Crippen molar-refractivity contribution < 1.29 is 0 Å². The lowest BCUT2D eigenvalue weighted by atomic mass is 9.87. The monoisotopic (exact) mass is 142 g/mol. The number of hydrogen-bond donors (Lipinski definition) is 2. The number of hydrogen-bond acceptors (Lipinski definition) is 2. The van der Waals surface area contributed by atoms with Crippen molar-refractivity contribution in [3.8, 4) is 0 Å². The third-order valence-corrected chi connectivity index (χ3v) is 2.49. The molecular weight excluding hydrogens is 124 g/mol. The molecule has 1 aliphatic heterocycles. The van der Waals surface area contributed by atoms with Crippen LogP contribution in [0.2, 0.25) is 0 Å². The van der Waals surface area contributed by atoms with Crippen LogP contribution in [0.25, 0.3) is 0 Å². The molecule has 2 atom stereocenters. The van der Waals surface area contributed by atoms with Gasteiger partial charge in [-0.15, -0.1) is 0 Å². The predicted molar refractivity (Wildman–Crippen MR) is 44.0 cm³/mol. The van der Waals surface area contributed by atoms with E-state index in [1.165, 1.54) is 0 Å². The molecule has 10 heavy (non-hydrogen) atoms. The molecule has 1 rings (SSSR count). The third-order valence-electron chi connectivity index (χ3n) is 2.49. The highest BCUT2D eigenvalue weighted by Crippen LogP contribution is 2.15. The highest BCUT2D eigenvalue weighted by atomic mass is 15.0. The molecule has 0 aromatic rings. The second-order valence-electron chi connectivity index (χ2n) is 3.43. The van der Waals surface area contributed by atoms with Gasteiger partial charge in [-0.2, -0.15) is 0 Å². The van der Waals surface area contributed by atoms with Crippen LogP contribution in [0.15, 0.2) is 0 Å².